The highest BCUT2D eigenvalue weighted by Gasteiger charge is 2.24. The molecule has 0 aliphatic rings. The first-order valence-electron chi connectivity index (χ1n) is 9.65. The van der Waals surface area contributed by atoms with E-state index in [2.05, 4.69) is 23.3 Å². The van der Waals surface area contributed by atoms with Crippen LogP contribution in [0.5, 0.6) is 0 Å². The molecule has 0 aliphatic heterocycles. The Morgan fingerprint density at radius 2 is 2.07 bits per heavy atom. The first kappa shape index (κ1) is 20.1. The van der Waals surface area contributed by atoms with Gasteiger partial charge in [-0.2, -0.15) is 0 Å². The minimum atomic E-state index is -0.372. The van der Waals surface area contributed by atoms with Crippen LogP contribution in [-0.4, -0.2) is 31.2 Å². The van der Waals surface area contributed by atoms with Gasteiger partial charge in [0.2, 0.25) is 5.91 Å². The first-order chi connectivity index (χ1) is 13.5. The molecule has 0 fully saturated rings. The maximum atomic E-state index is 14.8. The number of aryl methyl sites for hydroxylation is 2. The second-order valence-electron chi connectivity index (χ2n) is 7.06. The number of nitrogens with one attached hydrogen (secondary N) is 2. The Morgan fingerprint density at radius 1 is 1.25 bits per heavy atom. The molecule has 0 saturated carbocycles. The Kier molecular flexibility index (Phi) is 6.47. The molecule has 28 heavy (non-hydrogen) atoms. The molecule has 2 aromatic carbocycles. The second-order valence-corrected chi connectivity index (χ2v) is 7.06. The van der Waals surface area contributed by atoms with Crippen LogP contribution in [-0.2, 0) is 16.0 Å². The number of hydrogen-bond donors (Lipinski definition) is 2. The van der Waals surface area contributed by atoms with Crippen molar-refractivity contribution in [2.24, 2.45) is 0 Å². The number of rotatable bonds is 8. The van der Waals surface area contributed by atoms with Gasteiger partial charge < -0.3 is 15.0 Å². The number of para-hydroxylation sites is 1. The number of methoxy groups -OCH3 is 1. The van der Waals surface area contributed by atoms with Crippen LogP contribution in [0.25, 0.3) is 10.9 Å². The summed E-state index contributed by atoms with van der Waals surface area (Å²) in [5, 5.41) is 3.89. The van der Waals surface area contributed by atoms with Crippen LogP contribution in [0.1, 0.15) is 41.5 Å². The summed E-state index contributed by atoms with van der Waals surface area (Å²) in [6.45, 7) is 4.92. The summed E-state index contributed by atoms with van der Waals surface area (Å²) in [6.07, 6.45) is 2.99. The molecule has 0 spiro atoms. The van der Waals surface area contributed by atoms with Crippen molar-refractivity contribution in [3.8, 4) is 0 Å². The molecule has 0 bridgehead atoms. The summed E-state index contributed by atoms with van der Waals surface area (Å²) < 4.78 is 19.7. The number of carbonyl (C=O) groups is 1. The molecule has 5 heteroatoms. The summed E-state index contributed by atoms with van der Waals surface area (Å²) in [4.78, 5) is 15.9. The molecule has 0 radical (unpaired) electrons. The highest BCUT2D eigenvalue weighted by molar-refractivity contribution is 5.88. The Hall–Kier alpha value is -2.66. The molecule has 0 aliphatic carbocycles. The quantitative estimate of drug-likeness (QED) is 0.565. The van der Waals surface area contributed by atoms with Gasteiger partial charge in [-0.05, 0) is 36.1 Å². The lowest BCUT2D eigenvalue weighted by atomic mass is 9.86. The van der Waals surface area contributed by atoms with Crippen molar-refractivity contribution in [2.45, 2.75) is 32.6 Å². The first-order valence-corrected chi connectivity index (χ1v) is 9.65. The SMILES string of the molecule is CCc1cccc2c(C(CC(=O)NCCOC)c3cc(C)ccc3F)c[nH]c12. The van der Waals surface area contributed by atoms with Crippen LogP contribution < -0.4 is 5.32 Å². The molecule has 0 saturated heterocycles. The summed E-state index contributed by atoms with van der Waals surface area (Å²) in [6, 6.07) is 11.2. The van der Waals surface area contributed by atoms with Crippen molar-refractivity contribution < 1.29 is 13.9 Å². The molecule has 1 unspecified atom stereocenters. The maximum absolute atomic E-state index is 14.8. The molecule has 3 aromatic rings. The van der Waals surface area contributed by atoms with Gasteiger partial charge in [0.05, 0.1) is 6.61 Å². The second kappa shape index (κ2) is 9.02. The zero-order chi connectivity index (χ0) is 20.1. The van der Waals surface area contributed by atoms with Crippen molar-refractivity contribution in [2.75, 3.05) is 20.3 Å². The van der Waals surface area contributed by atoms with Gasteiger partial charge >= 0.3 is 0 Å². The van der Waals surface area contributed by atoms with Gasteiger partial charge in [-0.1, -0.05) is 42.8 Å². The Bertz CT molecular complexity index is 964. The molecule has 148 valence electrons. The van der Waals surface area contributed by atoms with E-state index in [0.717, 1.165) is 28.5 Å². The molecule has 1 atom stereocenters. The third kappa shape index (κ3) is 4.25. The number of aromatic nitrogens is 1. The van der Waals surface area contributed by atoms with Crippen molar-refractivity contribution in [3.63, 3.8) is 0 Å². The number of amides is 1. The van der Waals surface area contributed by atoms with Gasteiger partial charge in [0.25, 0.3) is 0 Å². The van der Waals surface area contributed by atoms with Crippen LogP contribution in [0.3, 0.4) is 0 Å². The Morgan fingerprint density at radius 3 is 2.82 bits per heavy atom. The van der Waals surface area contributed by atoms with Crippen molar-refractivity contribution in [1.82, 2.24) is 10.3 Å². The fraction of sp³-hybridized carbons (Fsp3) is 0.348. The van der Waals surface area contributed by atoms with E-state index in [-0.39, 0.29) is 24.1 Å². The number of fused-ring (bicyclic) bond motifs is 1. The zero-order valence-corrected chi connectivity index (χ0v) is 16.6. The van der Waals surface area contributed by atoms with Crippen molar-refractivity contribution in [1.29, 1.82) is 0 Å². The largest absolute Gasteiger partial charge is 0.383 e. The predicted octanol–water partition coefficient (Wildman–Crippen LogP) is 4.46. The molecule has 1 heterocycles. The number of benzene rings is 2. The summed E-state index contributed by atoms with van der Waals surface area (Å²) in [5.74, 6) is -0.784. The average Bonchev–Trinajstić information content (AvgIpc) is 3.12. The van der Waals surface area contributed by atoms with Crippen molar-refractivity contribution >= 4 is 16.8 Å². The smallest absolute Gasteiger partial charge is 0.221 e. The van der Waals surface area contributed by atoms with E-state index in [9.17, 15) is 9.18 Å². The lowest BCUT2D eigenvalue weighted by molar-refractivity contribution is -0.121. The fourth-order valence-corrected chi connectivity index (χ4v) is 3.69. The standard InChI is InChI=1S/C23H27FN2O2/c1-4-16-6-5-7-17-20(14-26-23(16)17)18(13-22(27)25-10-11-28-3)19-12-15(2)8-9-21(19)24/h5-9,12,14,18,26H,4,10-11,13H2,1-3H3,(H,25,27). The summed E-state index contributed by atoms with van der Waals surface area (Å²) >= 11 is 0. The van der Waals surface area contributed by atoms with Crippen LogP contribution in [0.4, 0.5) is 4.39 Å². The summed E-state index contributed by atoms with van der Waals surface area (Å²) in [5.41, 5.74) is 4.71. The van der Waals surface area contributed by atoms with E-state index >= 15 is 0 Å². The maximum Gasteiger partial charge on any atom is 0.221 e. The van der Waals surface area contributed by atoms with Gasteiger partial charge in [0.15, 0.2) is 0 Å². The lowest BCUT2D eigenvalue weighted by Crippen LogP contribution is -2.28. The predicted molar refractivity (Wildman–Crippen MR) is 110 cm³/mol. The minimum absolute atomic E-state index is 0.121. The van der Waals surface area contributed by atoms with Crippen LogP contribution in [0, 0.1) is 12.7 Å². The molecule has 2 N–H and O–H groups in total. The topological polar surface area (TPSA) is 54.1 Å². The van der Waals surface area contributed by atoms with Crippen LogP contribution in [0.2, 0.25) is 0 Å². The molecule has 1 aromatic heterocycles. The minimum Gasteiger partial charge on any atom is -0.383 e. The molecular weight excluding hydrogens is 355 g/mol. The lowest BCUT2D eigenvalue weighted by Gasteiger charge is -2.19. The van der Waals surface area contributed by atoms with E-state index < -0.39 is 0 Å². The van der Waals surface area contributed by atoms with Gasteiger partial charge in [-0.3, -0.25) is 4.79 Å². The van der Waals surface area contributed by atoms with Gasteiger partial charge in [0, 0.05) is 43.1 Å². The number of carbonyl (C=O) groups excluding carboxylic acids is 1. The van der Waals surface area contributed by atoms with Gasteiger partial charge in [-0.25, -0.2) is 4.39 Å². The fourth-order valence-electron chi connectivity index (χ4n) is 3.69. The van der Waals surface area contributed by atoms with Crippen molar-refractivity contribution in [3.05, 3.63) is 70.7 Å². The highest BCUT2D eigenvalue weighted by Crippen LogP contribution is 2.36. The van der Waals surface area contributed by atoms with E-state index in [4.69, 9.17) is 4.74 Å². The molecule has 4 nitrogen and oxygen atoms in total. The zero-order valence-electron chi connectivity index (χ0n) is 16.6. The molecular formula is C23H27FN2O2. The van der Waals surface area contributed by atoms with E-state index in [0.29, 0.717) is 18.7 Å². The number of halogens is 1. The highest BCUT2D eigenvalue weighted by atomic mass is 19.1. The number of hydrogen-bond acceptors (Lipinski definition) is 2. The van der Waals surface area contributed by atoms with Crippen LogP contribution in [0.15, 0.2) is 42.6 Å². The van der Waals surface area contributed by atoms with E-state index in [1.807, 2.05) is 31.3 Å². The third-order valence-corrected chi connectivity index (χ3v) is 5.13. The molecule has 1 amide bonds. The number of aromatic amines is 1. The van der Waals surface area contributed by atoms with Crippen LogP contribution >= 0.6 is 0 Å². The number of ether oxygens (including phenoxy) is 1. The Balaban J connectivity index is 2.04. The van der Waals surface area contributed by atoms with E-state index in [1.54, 1.807) is 13.2 Å². The monoisotopic (exact) mass is 382 g/mol. The van der Waals surface area contributed by atoms with Gasteiger partial charge in [-0.15, -0.1) is 0 Å². The Labute approximate surface area is 165 Å². The molecule has 3 rings (SSSR count). The van der Waals surface area contributed by atoms with E-state index in [1.165, 1.54) is 11.6 Å². The summed E-state index contributed by atoms with van der Waals surface area (Å²) in [7, 11) is 1.59. The normalized spacial score (nSPS) is 12.3. The van der Waals surface area contributed by atoms with Gasteiger partial charge in [0.1, 0.15) is 5.82 Å². The average molecular weight is 382 g/mol. The number of H-pyrrole nitrogens is 1. The third-order valence-electron chi connectivity index (χ3n) is 5.13.